The lowest BCUT2D eigenvalue weighted by Crippen LogP contribution is -2.41. The molecule has 0 bridgehead atoms. The average Bonchev–Trinajstić information content (AvgIpc) is 2.68. The van der Waals surface area contributed by atoms with Crippen LogP contribution in [0.25, 0.3) is 0 Å². The first-order valence-corrected chi connectivity index (χ1v) is 6.48. The molecule has 0 radical (unpaired) electrons. The normalized spacial score (nSPS) is 27.0. The molecule has 1 heterocycles. The fourth-order valence-corrected chi connectivity index (χ4v) is 2.51. The first kappa shape index (κ1) is 12.5. The maximum absolute atomic E-state index is 4.56. The minimum Gasteiger partial charge on any atom is -0.371 e. The van der Waals surface area contributed by atoms with Gasteiger partial charge in [0.25, 0.3) is 0 Å². The molecule has 0 saturated carbocycles. The molecule has 0 aliphatic carbocycles. The van der Waals surface area contributed by atoms with Crippen molar-refractivity contribution < 1.29 is 0 Å². The van der Waals surface area contributed by atoms with Gasteiger partial charge in [0, 0.05) is 0 Å². The second-order valence-corrected chi connectivity index (χ2v) is 5.02. The molecule has 1 N–H and O–H groups in total. The number of hydrogen-bond acceptors (Lipinski definition) is 2. The second-order valence-electron chi connectivity index (χ2n) is 5.02. The molecule has 2 heteroatoms. The highest BCUT2D eigenvalue weighted by molar-refractivity contribution is 5.58. The summed E-state index contributed by atoms with van der Waals surface area (Å²) in [5.74, 6) is 1.44. The van der Waals surface area contributed by atoms with Gasteiger partial charge in [-0.1, -0.05) is 47.0 Å². The topological polar surface area (TPSA) is 24.4 Å². The van der Waals surface area contributed by atoms with Gasteiger partial charge in [-0.3, -0.25) is 4.99 Å². The van der Waals surface area contributed by atoms with E-state index in [0.717, 1.165) is 5.92 Å². The van der Waals surface area contributed by atoms with Crippen LogP contribution in [0.1, 0.15) is 53.4 Å². The molecule has 0 spiro atoms. The van der Waals surface area contributed by atoms with Crippen LogP contribution >= 0.6 is 0 Å². The third-order valence-corrected chi connectivity index (χ3v) is 3.53. The van der Waals surface area contributed by atoms with Crippen molar-refractivity contribution in [3.8, 4) is 0 Å². The Morgan fingerprint density at radius 2 is 2.07 bits per heavy atom. The predicted molar refractivity (Wildman–Crippen MR) is 67.3 cm³/mol. The molecule has 0 amide bonds. The summed E-state index contributed by atoms with van der Waals surface area (Å²) in [7, 11) is 0. The molecule has 0 saturated heterocycles. The van der Waals surface area contributed by atoms with Crippen molar-refractivity contribution >= 4 is 6.34 Å². The first-order valence-electron chi connectivity index (χ1n) is 6.48. The van der Waals surface area contributed by atoms with E-state index in [4.69, 9.17) is 0 Å². The molecular weight excluding hydrogens is 184 g/mol. The van der Waals surface area contributed by atoms with Gasteiger partial charge in [-0.25, -0.2) is 0 Å². The maximum atomic E-state index is 4.56. The lowest BCUT2D eigenvalue weighted by Gasteiger charge is -2.29. The molecule has 1 rings (SSSR count). The van der Waals surface area contributed by atoms with E-state index >= 15 is 0 Å². The van der Waals surface area contributed by atoms with Crippen LogP contribution in [-0.2, 0) is 0 Å². The third kappa shape index (κ3) is 3.22. The molecule has 2 nitrogen and oxygen atoms in total. The molecule has 1 aliphatic heterocycles. The highest BCUT2D eigenvalue weighted by atomic mass is 15.1. The van der Waals surface area contributed by atoms with Crippen LogP contribution in [0.2, 0.25) is 0 Å². The molecule has 0 aromatic heterocycles. The SMILES string of the molecule is CCCCC(CC)C1NC=NC1C(C)C. The van der Waals surface area contributed by atoms with E-state index in [2.05, 4.69) is 38.0 Å². The zero-order valence-electron chi connectivity index (χ0n) is 10.7. The van der Waals surface area contributed by atoms with Crippen LogP contribution in [0.3, 0.4) is 0 Å². The average molecular weight is 210 g/mol. The third-order valence-electron chi connectivity index (χ3n) is 3.53. The quantitative estimate of drug-likeness (QED) is 0.715. The first-order chi connectivity index (χ1) is 7.20. The number of aliphatic imine (C=N–C) groups is 1. The Kier molecular flexibility index (Phi) is 5.13. The van der Waals surface area contributed by atoms with E-state index in [1.807, 2.05) is 6.34 Å². The number of rotatable bonds is 6. The molecule has 0 aromatic carbocycles. The highest BCUT2D eigenvalue weighted by Gasteiger charge is 2.31. The van der Waals surface area contributed by atoms with Gasteiger partial charge in [0.15, 0.2) is 0 Å². The summed E-state index contributed by atoms with van der Waals surface area (Å²) < 4.78 is 0. The van der Waals surface area contributed by atoms with Gasteiger partial charge < -0.3 is 5.32 Å². The van der Waals surface area contributed by atoms with E-state index in [1.165, 1.54) is 25.7 Å². The van der Waals surface area contributed by atoms with E-state index in [9.17, 15) is 0 Å². The molecule has 3 atom stereocenters. The Balaban J connectivity index is 2.52. The van der Waals surface area contributed by atoms with E-state index in [1.54, 1.807) is 0 Å². The van der Waals surface area contributed by atoms with Gasteiger partial charge in [-0.2, -0.15) is 0 Å². The summed E-state index contributed by atoms with van der Waals surface area (Å²) in [5.41, 5.74) is 0. The Morgan fingerprint density at radius 1 is 1.33 bits per heavy atom. The second kappa shape index (κ2) is 6.14. The number of hydrogen-bond donors (Lipinski definition) is 1. The smallest absolute Gasteiger partial charge is 0.0831 e. The summed E-state index contributed by atoms with van der Waals surface area (Å²) in [5, 5.41) is 3.46. The fraction of sp³-hybridized carbons (Fsp3) is 0.923. The molecule has 15 heavy (non-hydrogen) atoms. The maximum Gasteiger partial charge on any atom is 0.0831 e. The van der Waals surface area contributed by atoms with Crippen molar-refractivity contribution in [2.75, 3.05) is 0 Å². The Morgan fingerprint density at radius 3 is 2.60 bits per heavy atom. The van der Waals surface area contributed by atoms with Gasteiger partial charge in [-0.05, 0) is 18.3 Å². The van der Waals surface area contributed by atoms with E-state index in [-0.39, 0.29) is 0 Å². The van der Waals surface area contributed by atoms with Crippen molar-refractivity contribution in [1.82, 2.24) is 5.32 Å². The number of nitrogens with one attached hydrogen (secondary N) is 1. The van der Waals surface area contributed by atoms with Crippen LogP contribution in [-0.4, -0.2) is 18.4 Å². The minimum atomic E-state index is 0.492. The lowest BCUT2D eigenvalue weighted by atomic mass is 9.84. The Bertz CT molecular complexity index is 199. The number of unbranched alkanes of at least 4 members (excludes halogenated alkanes) is 1. The summed E-state index contributed by atoms with van der Waals surface area (Å²) in [6.07, 6.45) is 7.18. The monoisotopic (exact) mass is 210 g/mol. The van der Waals surface area contributed by atoms with Gasteiger partial charge in [0.05, 0.1) is 18.4 Å². The van der Waals surface area contributed by atoms with Gasteiger partial charge in [-0.15, -0.1) is 0 Å². The molecule has 1 aliphatic rings. The molecular formula is C13H26N2. The Labute approximate surface area is 94.6 Å². The summed E-state index contributed by atoms with van der Waals surface area (Å²) >= 11 is 0. The van der Waals surface area contributed by atoms with E-state index in [0.29, 0.717) is 18.0 Å². The van der Waals surface area contributed by atoms with Crippen LogP contribution in [0.5, 0.6) is 0 Å². The number of nitrogens with zero attached hydrogens (tertiary/aromatic N) is 1. The summed E-state index contributed by atoms with van der Waals surface area (Å²) in [6.45, 7) is 9.12. The lowest BCUT2D eigenvalue weighted by molar-refractivity contribution is 0.289. The molecule has 0 fully saturated rings. The Hall–Kier alpha value is -0.530. The molecule has 88 valence electrons. The van der Waals surface area contributed by atoms with Gasteiger partial charge >= 0.3 is 0 Å². The van der Waals surface area contributed by atoms with Crippen LogP contribution in [0.4, 0.5) is 0 Å². The zero-order valence-corrected chi connectivity index (χ0v) is 10.7. The molecule has 3 unspecified atom stereocenters. The van der Waals surface area contributed by atoms with Crippen LogP contribution < -0.4 is 5.32 Å². The standard InChI is InChI=1S/C13H26N2/c1-5-7-8-11(6-2)13-12(10(3)4)14-9-15-13/h9-13H,5-8H2,1-4H3,(H,14,15). The van der Waals surface area contributed by atoms with Gasteiger partial charge in [0.2, 0.25) is 0 Å². The minimum absolute atomic E-state index is 0.492. The van der Waals surface area contributed by atoms with E-state index < -0.39 is 0 Å². The largest absolute Gasteiger partial charge is 0.371 e. The van der Waals surface area contributed by atoms with Crippen molar-refractivity contribution in [2.24, 2.45) is 16.8 Å². The van der Waals surface area contributed by atoms with Crippen LogP contribution in [0, 0.1) is 11.8 Å². The summed E-state index contributed by atoms with van der Waals surface area (Å²) in [6, 6.07) is 1.08. The predicted octanol–water partition coefficient (Wildman–Crippen LogP) is 3.23. The van der Waals surface area contributed by atoms with Crippen molar-refractivity contribution in [3.05, 3.63) is 0 Å². The summed E-state index contributed by atoms with van der Waals surface area (Å²) in [4.78, 5) is 4.56. The van der Waals surface area contributed by atoms with Crippen molar-refractivity contribution in [3.63, 3.8) is 0 Å². The van der Waals surface area contributed by atoms with Crippen molar-refractivity contribution in [2.45, 2.75) is 65.5 Å². The molecule has 0 aromatic rings. The zero-order chi connectivity index (χ0) is 11.3. The van der Waals surface area contributed by atoms with Crippen molar-refractivity contribution in [1.29, 1.82) is 0 Å². The van der Waals surface area contributed by atoms with Crippen LogP contribution in [0.15, 0.2) is 4.99 Å². The van der Waals surface area contributed by atoms with Gasteiger partial charge in [0.1, 0.15) is 0 Å². The highest BCUT2D eigenvalue weighted by Crippen LogP contribution is 2.26. The fourth-order valence-electron chi connectivity index (χ4n) is 2.51.